The number of anilines is 2. The van der Waals surface area contributed by atoms with Gasteiger partial charge in [-0.1, -0.05) is 18.2 Å². The zero-order valence-electron chi connectivity index (χ0n) is 17.4. The minimum atomic E-state index is -6.07. The summed E-state index contributed by atoms with van der Waals surface area (Å²) in [6, 6.07) is 6.95. The van der Waals surface area contributed by atoms with Gasteiger partial charge in [0, 0.05) is 5.56 Å². The monoisotopic (exact) mass is 510 g/mol. The van der Waals surface area contributed by atoms with Crippen molar-refractivity contribution in [3.63, 3.8) is 0 Å². The molecule has 4 N–H and O–H groups in total. The molecule has 0 radical (unpaired) electrons. The van der Waals surface area contributed by atoms with Crippen LogP contribution in [-0.4, -0.2) is 37.5 Å². The maximum atomic E-state index is 13.0. The second-order valence-corrected chi connectivity index (χ2v) is 10.1. The van der Waals surface area contributed by atoms with Gasteiger partial charge in [0.05, 0.1) is 28.4 Å². The normalized spacial score (nSPS) is 15.3. The number of aliphatic hydroxyl groups is 1. The Balaban J connectivity index is 1.72. The number of alkyl halides is 6. The van der Waals surface area contributed by atoms with Crippen LogP contribution in [0.15, 0.2) is 47.4 Å². The van der Waals surface area contributed by atoms with Gasteiger partial charge in [0.1, 0.15) is 0 Å². The molecule has 1 amide bonds. The van der Waals surface area contributed by atoms with E-state index in [2.05, 4.69) is 5.32 Å². The second kappa shape index (κ2) is 8.77. The summed E-state index contributed by atoms with van der Waals surface area (Å²) < 4.78 is 103. The average Bonchev–Trinajstić information content (AvgIpc) is 3.51. The van der Waals surface area contributed by atoms with E-state index in [0.717, 1.165) is 18.9 Å². The van der Waals surface area contributed by atoms with Crippen LogP contribution in [0.3, 0.4) is 0 Å². The summed E-state index contributed by atoms with van der Waals surface area (Å²) in [5.74, 6) is -0.481. The molecule has 0 saturated heterocycles. The molecule has 0 aliphatic heterocycles. The highest BCUT2D eigenvalue weighted by molar-refractivity contribution is 7.91. The fraction of sp³-hybridized carbons (Fsp3) is 0.381. The van der Waals surface area contributed by atoms with Crippen LogP contribution in [0.1, 0.15) is 24.0 Å². The van der Waals surface area contributed by atoms with Crippen molar-refractivity contribution in [1.82, 2.24) is 0 Å². The van der Waals surface area contributed by atoms with E-state index in [1.165, 1.54) is 24.3 Å². The van der Waals surface area contributed by atoms with Crippen LogP contribution in [0.4, 0.5) is 37.7 Å². The van der Waals surface area contributed by atoms with Crippen LogP contribution in [-0.2, 0) is 26.7 Å². The number of nitrogens with one attached hydrogen (secondary N) is 1. The summed E-state index contributed by atoms with van der Waals surface area (Å²) in [6.45, 7) is 0. The lowest BCUT2D eigenvalue weighted by Crippen LogP contribution is -2.53. The number of sulfone groups is 1. The van der Waals surface area contributed by atoms with Crippen molar-refractivity contribution in [3.05, 3.63) is 53.6 Å². The Hall–Kier alpha value is -2.80. The third kappa shape index (κ3) is 5.30. The van der Waals surface area contributed by atoms with Gasteiger partial charge >= 0.3 is 12.4 Å². The van der Waals surface area contributed by atoms with Crippen molar-refractivity contribution < 1.29 is 44.7 Å². The Labute approximate surface area is 190 Å². The van der Waals surface area contributed by atoms with Gasteiger partial charge in [-0.2, -0.15) is 26.3 Å². The van der Waals surface area contributed by atoms with E-state index in [4.69, 9.17) is 5.73 Å². The van der Waals surface area contributed by atoms with E-state index in [1.807, 2.05) is 0 Å². The molecule has 0 aromatic heterocycles. The molecule has 34 heavy (non-hydrogen) atoms. The molecule has 6 nitrogen and oxygen atoms in total. The molecular formula is C21H20F6N2O4S. The largest absolute Gasteiger partial charge is 0.430 e. The van der Waals surface area contributed by atoms with E-state index in [1.54, 1.807) is 0 Å². The molecule has 0 heterocycles. The van der Waals surface area contributed by atoms with Crippen LogP contribution in [0.5, 0.6) is 0 Å². The Kier molecular flexibility index (Phi) is 6.66. The van der Waals surface area contributed by atoms with Gasteiger partial charge in [-0.25, -0.2) is 8.42 Å². The van der Waals surface area contributed by atoms with Gasteiger partial charge in [-0.3, -0.25) is 4.79 Å². The predicted molar refractivity (Wildman–Crippen MR) is 110 cm³/mol. The maximum absolute atomic E-state index is 13.0. The lowest BCUT2D eigenvalue weighted by molar-refractivity contribution is -0.376. The Morgan fingerprint density at radius 2 is 1.56 bits per heavy atom. The topological polar surface area (TPSA) is 109 Å². The molecular weight excluding hydrogens is 490 g/mol. The minimum absolute atomic E-state index is 0.0555. The van der Waals surface area contributed by atoms with E-state index in [9.17, 15) is 44.7 Å². The van der Waals surface area contributed by atoms with Crippen molar-refractivity contribution in [2.24, 2.45) is 5.92 Å². The Morgan fingerprint density at radius 1 is 1.00 bits per heavy atom. The summed E-state index contributed by atoms with van der Waals surface area (Å²) in [5, 5.41) is 11.7. The summed E-state index contributed by atoms with van der Waals surface area (Å²) >= 11 is 0. The van der Waals surface area contributed by atoms with Gasteiger partial charge in [0.25, 0.3) is 5.60 Å². The first kappa shape index (κ1) is 25.8. The summed E-state index contributed by atoms with van der Waals surface area (Å²) in [5.41, 5.74) is -1.63. The number of halogens is 6. The second-order valence-electron chi connectivity index (χ2n) is 8.10. The van der Waals surface area contributed by atoms with E-state index in [0.29, 0.717) is 11.6 Å². The van der Waals surface area contributed by atoms with Crippen LogP contribution in [0, 0.1) is 5.92 Å². The molecule has 0 unspecified atom stereocenters. The number of hydrogen-bond donors (Lipinski definition) is 3. The van der Waals surface area contributed by atoms with Gasteiger partial charge in [0.2, 0.25) is 5.91 Å². The number of benzene rings is 2. The van der Waals surface area contributed by atoms with E-state index < -0.39 is 44.9 Å². The van der Waals surface area contributed by atoms with Gasteiger partial charge < -0.3 is 16.2 Å². The highest BCUT2D eigenvalue weighted by atomic mass is 32.2. The van der Waals surface area contributed by atoms with Crippen LogP contribution < -0.4 is 11.1 Å². The van der Waals surface area contributed by atoms with E-state index >= 15 is 0 Å². The molecule has 0 spiro atoms. The number of amides is 1. The Morgan fingerprint density at radius 3 is 2.03 bits per heavy atom. The summed E-state index contributed by atoms with van der Waals surface area (Å²) in [4.78, 5) is 12.4. The zero-order valence-corrected chi connectivity index (χ0v) is 18.2. The molecule has 1 saturated carbocycles. The molecule has 1 fully saturated rings. The molecule has 0 atom stereocenters. The van der Waals surface area contributed by atoms with Crippen LogP contribution in [0.2, 0.25) is 0 Å². The molecule has 2 aromatic rings. The summed E-state index contributed by atoms with van der Waals surface area (Å²) in [7, 11) is -3.43. The minimum Gasteiger partial charge on any atom is -0.397 e. The lowest BCUT2D eigenvalue weighted by atomic mass is 9.91. The van der Waals surface area contributed by atoms with Crippen molar-refractivity contribution in [2.75, 3.05) is 16.8 Å². The quantitative estimate of drug-likeness (QED) is 0.386. The average molecular weight is 510 g/mol. The molecule has 1 aliphatic rings. The zero-order chi connectivity index (χ0) is 25.5. The highest BCUT2D eigenvalue weighted by Gasteiger charge is 2.71. The van der Waals surface area contributed by atoms with Crippen LogP contribution >= 0.6 is 0 Å². The van der Waals surface area contributed by atoms with Gasteiger partial charge in [-0.05, 0) is 48.6 Å². The molecule has 3 rings (SSSR count). The molecule has 186 valence electrons. The maximum Gasteiger partial charge on any atom is 0.430 e. The van der Waals surface area contributed by atoms with Crippen molar-refractivity contribution in [1.29, 1.82) is 0 Å². The smallest absolute Gasteiger partial charge is 0.397 e. The number of carbonyl (C=O) groups excluding carboxylic acids is 1. The fourth-order valence-electron chi connectivity index (χ4n) is 3.28. The first-order valence-corrected chi connectivity index (χ1v) is 11.6. The fourth-order valence-corrected chi connectivity index (χ4v) is 4.97. The lowest BCUT2D eigenvalue weighted by Gasteiger charge is -2.33. The first-order valence-electron chi connectivity index (χ1n) is 9.92. The van der Waals surface area contributed by atoms with Crippen molar-refractivity contribution in [3.8, 4) is 0 Å². The SMILES string of the molecule is Nc1cc(C(O)(C(F)(F)F)C(F)(F)F)ccc1NC(=O)Cc1ccc(S(=O)(=O)CC2CC2)cc1. The number of carbonyl (C=O) groups is 1. The third-order valence-corrected chi connectivity index (χ3v) is 7.26. The standard InChI is InChI=1S/C21H20F6N2O4S/c22-20(23,24)19(31,21(25,26)27)14-5-8-17(16(28)10-14)29-18(30)9-12-3-6-15(7-4-12)34(32,33)11-13-1-2-13/h3-8,10,13,31H,1-2,9,11,28H2,(H,29,30). The molecule has 0 bridgehead atoms. The van der Waals surface area contributed by atoms with Gasteiger partial charge in [-0.15, -0.1) is 0 Å². The molecule has 13 heteroatoms. The number of nitrogens with two attached hydrogens (primary N) is 1. The third-order valence-electron chi connectivity index (χ3n) is 5.36. The van der Waals surface area contributed by atoms with Crippen LogP contribution in [0.25, 0.3) is 0 Å². The Bertz CT molecular complexity index is 1160. The predicted octanol–water partition coefficient (Wildman–Crippen LogP) is 3.95. The van der Waals surface area contributed by atoms with Gasteiger partial charge in [0.15, 0.2) is 9.84 Å². The molecule has 1 aliphatic carbocycles. The molecule has 2 aromatic carbocycles. The number of nitrogen functional groups attached to an aromatic ring is 1. The first-order chi connectivity index (χ1) is 15.5. The van der Waals surface area contributed by atoms with Crippen molar-refractivity contribution >= 4 is 27.1 Å². The van der Waals surface area contributed by atoms with Crippen molar-refractivity contribution in [2.45, 2.75) is 42.1 Å². The highest BCUT2D eigenvalue weighted by Crippen LogP contribution is 2.50. The van der Waals surface area contributed by atoms with E-state index in [-0.39, 0.29) is 34.7 Å². The summed E-state index contributed by atoms with van der Waals surface area (Å²) in [6.07, 6.45) is -10.7. The number of rotatable bonds is 7. The number of hydrogen-bond acceptors (Lipinski definition) is 5.